The zero-order valence-corrected chi connectivity index (χ0v) is 10.3. The Kier molecular flexibility index (Phi) is 3.82. The quantitative estimate of drug-likeness (QED) is 0.830. The van der Waals surface area contributed by atoms with E-state index in [1.54, 1.807) is 7.11 Å². The van der Waals surface area contributed by atoms with Gasteiger partial charge in [-0.1, -0.05) is 23.8 Å². The normalized spacial score (nSPS) is 16.1. The summed E-state index contributed by atoms with van der Waals surface area (Å²) in [5, 5.41) is 0. The van der Waals surface area contributed by atoms with Gasteiger partial charge in [0.25, 0.3) is 0 Å². The first kappa shape index (κ1) is 12.1. The largest absolute Gasteiger partial charge is 0.496 e. The topological polar surface area (TPSA) is 61.3 Å². The van der Waals surface area contributed by atoms with Gasteiger partial charge in [0.15, 0.2) is 0 Å². The average Bonchev–Trinajstić information content (AvgIpc) is 2.37. The van der Waals surface area contributed by atoms with Crippen LogP contribution in [0.15, 0.2) is 23.8 Å². The molecule has 0 aromatic heterocycles. The Balaban J connectivity index is 2.26. The first-order valence-electron chi connectivity index (χ1n) is 6.05. The van der Waals surface area contributed by atoms with Crippen molar-refractivity contribution in [3.05, 3.63) is 34.9 Å². The Morgan fingerprint density at radius 2 is 2.18 bits per heavy atom. The molecular formula is C14H20N2O. The lowest BCUT2D eigenvalue weighted by molar-refractivity contribution is 0.413. The second-order valence-electron chi connectivity index (χ2n) is 4.54. The first-order chi connectivity index (χ1) is 8.24. The number of nitrogens with two attached hydrogens (primary N) is 2. The van der Waals surface area contributed by atoms with E-state index in [1.807, 2.05) is 12.1 Å². The molecule has 0 unspecified atom stereocenters. The highest BCUT2D eigenvalue weighted by Gasteiger charge is 2.15. The third kappa shape index (κ3) is 2.68. The van der Waals surface area contributed by atoms with Crippen molar-refractivity contribution in [3.8, 4) is 5.75 Å². The highest BCUT2D eigenvalue weighted by atomic mass is 16.5. The van der Waals surface area contributed by atoms with Crippen molar-refractivity contribution in [1.29, 1.82) is 0 Å². The lowest BCUT2D eigenvalue weighted by atomic mass is 9.89. The Morgan fingerprint density at radius 3 is 2.88 bits per heavy atom. The molecule has 1 aliphatic rings. The van der Waals surface area contributed by atoms with Gasteiger partial charge in [-0.05, 0) is 30.9 Å². The molecule has 0 saturated heterocycles. The fourth-order valence-corrected chi connectivity index (χ4v) is 2.30. The van der Waals surface area contributed by atoms with Crippen molar-refractivity contribution in [3.63, 3.8) is 0 Å². The van der Waals surface area contributed by atoms with Crippen molar-refractivity contribution in [2.24, 2.45) is 11.5 Å². The number of aryl methyl sites for hydroxylation is 1. The SMILES string of the molecule is COc1cccc2c1C=C(C[C@@H](N)CN)CC2. The molecule has 1 aromatic carbocycles. The van der Waals surface area contributed by atoms with E-state index >= 15 is 0 Å². The van der Waals surface area contributed by atoms with E-state index in [-0.39, 0.29) is 6.04 Å². The van der Waals surface area contributed by atoms with Crippen molar-refractivity contribution in [2.45, 2.75) is 25.3 Å². The highest BCUT2D eigenvalue weighted by Crippen LogP contribution is 2.32. The van der Waals surface area contributed by atoms with Crippen LogP contribution in [0.3, 0.4) is 0 Å². The number of rotatable bonds is 4. The van der Waals surface area contributed by atoms with Crippen LogP contribution < -0.4 is 16.2 Å². The number of hydrogen-bond donors (Lipinski definition) is 2. The summed E-state index contributed by atoms with van der Waals surface area (Å²) in [6.07, 6.45) is 5.24. The summed E-state index contributed by atoms with van der Waals surface area (Å²) in [5.41, 5.74) is 15.4. The molecule has 0 aliphatic heterocycles. The molecule has 0 radical (unpaired) electrons. The molecule has 1 aromatic rings. The molecule has 0 heterocycles. The maximum atomic E-state index is 5.90. The van der Waals surface area contributed by atoms with Crippen LogP contribution in [0.2, 0.25) is 0 Å². The minimum Gasteiger partial charge on any atom is -0.496 e. The van der Waals surface area contributed by atoms with Gasteiger partial charge in [0.05, 0.1) is 7.11 Å². The van der Waals surface area contributed by atoms with Gasteiger partial charge in [-0.15, -0.1) is 0 Å². The van der Waals surface area contributed by atoms with E-state index in [4.69, 9.17) is 16.2 Å². The van der Waals surface area contributed by atoms with Gasteiger partial charge < -0.3 is 16.2 Å². The van der Waals surface area contributed by atoms with Crippen molar-refractivity contribution in [1.82, 2.24) is 0 Å². The number of methoxy groups -OCH3 is 1. The van der Waals surface area contributed by atoms with Crippen LogP contribution in [0.5, 0.6) is 5.75 Å². The van der Waals surface area contributed by atoms with Gasteiger partial charge in [0.2, 0.25) is 0 Å². The van der Waals surface area contributed by atoms with Crippen LogP contribution in [0.1, 0.15) is 24.0 Å². The molecular weight excluding hydrogens is 212 g/mol. The Morgan fingerprint density at radius 1 is 1.35 bits per heavy atom. The summed E-state index contributed by atoms with van der Waals surface area (Å²) in [7, 11) is 1.71. The summed E-state index contributed by atoms with van der Waals surface area (Å²) in [6, 6.07) is 6.27. The third-order valence-electron chi connectivity index (χ3n) is 3.27. The maximum absolute atomic E-state index is 5.90. The lowest BCUT2D eigenvalue weighted by Crippen LogP contribution is -2.30. The minimum absolute atomic E-state index is 0.0671. The molecule has 17 heavy (non-hydrogen) atoms. The summed E-state index contributed by atoms with van der Waals surface area (Å²) >= 11 is 0. The van der Waals surface area contributed by atoms with Crippen molar-refractivity contribution < 1.29 is 4.74 Å². The molecule has 1 aliphatic carbocycles. The number of fused-ring (bicyclic) bond motifs is 1. The fourth-order valence-electron chi connectivity index (χ4n) is 2.30. The molecule has 92 valence electrons. The smallest absolute Gasteiger partial charge is 0.126 e. The van der Waals surface area contributed by atoms with Gasteiger partial charge in [0, 0.05) is 18.2 Å². The van der Waals surface area contributed by atoms with Gasteiger partial charge in [-0.2, -0.15) is 0 Å². The Labute approximate surface area is 102 Å². The molecule has 4 N–H and O–H groups in total. The van der Waals surface area contributed by atoms with Crippen LogP contribution in [-0.4, -0.2) is 19.7 Å². The van der Waals surface area contributed by atoms with E-state index < -0.39 is 0 Å². The van der Waals surface area contributed by atoms with Crippen LogP contribution >= 0.6 is 0 Å². The zero-order valence-electron chi connectivity index (χ0n) is 10.3. The van der Waals surface area contributed by atoms with E-state index in [0.29, 0.717) is 6.54 Å². The van der Waals surface area contributed by atoms with Crippen molar-refractivity contribution >= 4 is 6.08 Å². The number of hydrogen-bond acceptors (Lipinski definition) is 3. The molecule has 0 saturated carbocycles. The van der Waals surface area contributed by atoms with Gasteiger partial charge in [-0.3, -0.25) is 0 Å². The molecule has 0 spiro atoms. The second kappa shape index (κ2) is 5.34. The maximum Gasteiger partial charge on any atom is 0.126 e. The van der Waals surface area contributed by atoms with Crippen LogP contribution in [0.4, 0.5) is 0 Å². The number of ether oxygens (including phenoxy) is 1. The minimum atomic E-state index is 0.0671. The number of benzene rings is 1. The third-order valence-corrected chi connectivity index (χ3v) is 3.27. The summed E-state index contributed by atoms with van der Waals surface area (Å²) in [5.74, 6) is 0.945. The predicted molar refractivity (Wildman–Crippen MR) is 70.9 cm³/mol. The standard InChI is InChI=1S/C14H20N2O/c1-17-14-4-2-3-11-6-5-10(8-13(11)14)7-12(16)9-15/h2-4,8,12H,5-7,9,15-16H2,1H3/t12-/m1/s1. The predicted octanol–water partition coefficient (Wildman–Crippen LogP) is 1.70. The lowest BCUT2D eigenvalue weighted by Gasteiger charge is -2.20. The van der Waals surface area contributed by atoms with Crippen LogP contribution in [0, 0.1) is 0 Å². The summed E-state index contributed by atoms with van der Waals surface area (Å²) in [6.45, 7) is 0.538. The molecule has 0 bridgehead atoms. The van der Waals surface area contributed by atoms with Gasteiger partial charge in [-0.25, -0.2) is 0 Å². The molecule has 3 heteroatoms. The highest BCUT2D eigenvalue weighted by molar-refractivity contribution is 5.65. The van der Waals surface area contributed by atoms with Gasteiger partial charge in [0.1, 0.15) is 5.75 Å². The molecule has 0 fully saturated rings. The molecule has 0 amide bonds. The van der Waals surface area contributed by atoms with E-state index in [0.717, 1.165) is 25.0 Å². The Hall–Kier alpha value is -1.32. The molecule has 1 atom stereocenters. The zero-order chi connectivity index (χ0) is 12.3. The fraction of sp³-hybridized carbons (Fsp3) is 0.429. The van der Waals surface area contributed by atoms with E-state index in [2.05, 4.69) is 12.1 Å². The van der Waals surface area contributed by atoms with E-state index in [9.17, 15) is 0 Å². The first-order valence-corrected chi connectivity index (χ1v) is 6.05. The van der Waals surface area contributed by atoms with Crippen LogP contribution in [-0.2, 0) is 6.42 Å². The second-order valence-corrected chi connectivity index (χ2v) is 4.54. The molecule has 3 nitrogen and oxygen atoms in total. The monoisotopic (exact) mass is 232 g/mol. The summed E-state index contributed by atoms with van der Waals surface area (Å²) in [4.78, 5) is 0. The molecule has 2 rings (SSSR count). The van der Waals surface area contributed by atoms with E-state index in [1.165, 1.54) is 16.7 Å². The van der Waals surface area contributed by atoms with Crippen LogP contribution in [0.25, 0.3) is 6.08 Å². The summed E-state index contributed by atoms with van der Waals surface area (Å²) < 4.78 is 5.39. The average molecular weight is 232 g/mol. The van der Waals surface area contributed by atoms with Crippen molar-refractivity contribution in [2.75, 3.05) is 13.7 Å². The Bertz CT molecular complexity index is 426. The van der Waals surface area contributed by atoms with Gasteiger partial charge >= 0.3 is 0 Å².